The van der Waals surface area contributed by atoms with Crippen molar-refractivity contribution in [3.8, 4) is 5.75 Å². The largest absolute Gasteiger partial charge is 0.497 e. The van der Waals surface area contributed by atoms with E-state index in [-0.39, 0.29) is 34.2 Å². The Morgan fingerprint density at radius 2 is 1.69 bits per heavy atom. The molecule has 2 rings (SSSR count). The van der Waals surface area contributed by atoms with Gasteiger partial charge in [0.2, 0.25) is 21.8 Å². The number of benzene rings is 2. The molecule has 0 fully saturated rings. The fraction of sp³-hybridized carbons (Fsp3) is 0.440. The highest BCUT2D eigenvalue weighted by molar-refractivity contribution is 7.92. The number of rotatable bonds is 12. The van der Waals surface area contributed by atoms with Gasteiger partial charge in [0, 0.05) is 17.6 Å². The lowest BCUT2D eigenvalue weighted by atomic mass is 10.1. The van der Waals surface area contributed by atoms with Gasteiger partial charge in [-0.15, -0.1) is 0 Å². The van der Waals surface area contributed by atoms with Gasteiger partial charge in [0.25, 0.3) is 0 Å². The van der Waals surface area contributed by atoms with Crippen molar-refractivity contribution in [1.82, 2.24) is 10.2 Å². The summed E-state index contributed by atoms with van der Waals surface area (Å²) in [4.78, 5) is 28.2. The zero-order chi connectivity index (χ0) is 27.0. The van der Waals surface area contributed by atoms with Crippen LogP contribution in [-0.4, -0.2) is 57.1 Å². The third-order valence-electron chi connectivity index (χ3n) is 5.75. The average molecular weight is 559 g/mol. The topological polar surface area (TPSA) is 96.0 Å². The van der Waals surface area contributed by atoms with Crippen LogP contribution in [0, 0.1) is 0 Å². The maximum absolute atomic E-state index is 13.7. The van der Waals surface area contributed by atoms with Gasteiger partial charge in [-0.3, -0.25) is 13.9 Å². The number of sulfonamides is 1. The molecule has 0 aromatic heterocycles. The van der Waals surface area contributed by atoms with Crippen LogP contribution >= 0.6 is 23.2 Å². The fourth-order valence-electron chi connectivity index (χ4n) is 3.56. The highest BCUT2D eigenvalue weighted by Crippen LogP contribution is 2.31. The van der Waals surface area contributed by atoms with Crippen molar-refractivity contribution in [3.05, 3.63) is 58.1 Å². The number of amides is 2. The number of ether oxygens (including phenoxy) is 1. The van der Waals surface area contributed by atoms with Crippen molar-refractivity contribution in [2.45, 2.75) is 52.2 Å². The van der Waals surface area contributed by atoms with Gasteiger partial charge in [0.1, 0.15) is 18.3 Å². The van der Waals surface area contributed by atoms with Gasteiger partial charge in [-0.1, -0.05) is 49.2 Å². The van der Waals surface area contributed by atoms with Crippen LogP contribution < -0.4 is 14.4 Å². The Balaban J connectivity index is 2.48. The van der Waals surface area contributed by atoms with Crippen molar-refractivity contribution in [2.75, 3.05) is 24.2 Å². The number of halogens is 2. The first kappa shape index (κ1) is 29.7. The molecule has 198 valence electrons. The van der Waals surface area contributed by atoms with E-state index in [0.717, 1.165) is 22.5 Å². The van der Waals surface area contributed by atoms with Gasteiger partial charge in [0.15, 0.2) is 0 Å². The number of hydrogen-bond acceptors (Lipinski definition) is 5. The third kappa shape index (κ3) is 8.01. The summed E-state index contributed by atoms with van der Waals surface area (Å²) in [5.74, 6) is -0.212. The van der Waals surface area contributed by atoms with Crippen LogP contribution in [0.25, 0.3) is 0 Å². The highest BCUT2D eigenvalue weighted by Gasteiger charge is 2.32. The molecule has 2 atom stereocenters. The molecule has 36 heavy (non-hydrogen) atoms. The first-order chi connectivity index (χ1) is 16.9. The van der Waals surface area contributed by atoms with E-state index in [1.165, 1.54) is 23.1 Å². The van der Waals surface area contributed by atoms with Gasteiger partial charge < -0.3 is 15.0 Å². The summed E-state index contributed by atoms with van der Waals surface area (Å²) >= 11 is 12.3. The van der Waals surface area contributed by atoms with Crippen molar-refractivity contribution in [2.24, 2.45) is 0 Å². The third-order valence-corrected chi connectivity index (χ3v) is 7.44. The first-order valence-corrected chi connectivity index (χ1v) is 14.2. The molecule has 0 saturated carbocycles. The monoisotopic (exact) mass is 557 g/mol. The van der Waals surface area contributed by atoms with E-state index in [0.29, 0.717) is 12.2 Å². The Bertz CT molecular complexity index is 1160. The Morgan fingerprint density at radius 1 is 1.06 bits per heavy atom. The molecule has 0 radical (unpaired) electrons. The first-order valence-electron chi connectivity index (χ1n) is 11.6. The van der Waals surface area contributed by atoms with Crippen LogP contribution in [-0.2, 0) is 26.2 Å². The minimum absolute atomic E-state index is 0.0812. The summed E-state index contributed by atoms with van der Waals surface area (Å²) in [7, 11) is -2.36. The van der Waals surface area contributed by atoms with Crippen molar-refractivity contribution < 1.29 is 22.7 Å². The summed E-state index contributed by atoms with van der Waals surface area (Å²) in [6.45, 7) is 5.17. The summed E-state index contributed by atoms with van der Waals surface area (Å²) < 4.78 is 31.5. The lowest BCUT2D eigenvalue weighted by Crippen LogP contribution is -2.53. The zero-order valence-electron chi connectivity index (χ0n) is 21.1. The average Bonchev–Trinajstić information content (AvgIpc) is 2.83. The molecule has 0 aliphatic rings. The number of nitrogens with zero attached hydrogens (tertiary/aromatic N) is 2. The maximum atomic E-state index is 13.7. The van der Waals surface area contributed by atoms with Gasteiger partial charge in [-0.05, 0) is 55.7 Å². The SMILES string of the molecule is CC[C@H](C(=O)N[C@@H](C)CC)N(Cc1ccc(OC)cc1)C(=O)CN(c1cc(Cl)ccc1Cl)S(C)(=O)=O. The second-order valence-corrected chi connectivity index (χ2v) is 11.2. The number of carbonyl (C=O) groups is 2. The van der Waals surface area contributed by atoms with Crippen LogP contribution in [0.15, 0.2) is 42.5 Å². The van der Waals surface area contributed by atoms with Crippen LogP contribution in [0.4, 0.5) is 5.69 Å². The van der Waals surface area contributed by atoms with Crippen molar-refractivity contribution in [1.29, 1.82) is 0 Å². The van der Waals surface area contributed by atoms with Crippen molar-refractivity contribution >= 4 is 50.7 Å². The predicted molar refractivity (Wildman–Crippen MR) is 144 cm³/mol. The molecule has 0 aliphatic carbocycles. The van der Waals surface area contributed by atoms with Crippen LogP contribution in [0.2, 0.25) is 10.0 Å². The normalized spacial score (nSPS) is 13.0. The number of methoxy groups -OCH3 is 1. The maximum Gasteiger partial charge on any atom is 0.244 e. The Morgan fingerprint density at radius 3 is 2.22 bits per heavy atom. The molecule has 0 heterocycles. The Kier molecular flexibility index (Phi) is 10.9. The summed E-state index contributed by atoms with van der Waals surface area (Å²) in [5.41, 5.74) is 0.840. The lowest BCUT2D eigenvalue weighted by molar-refractivity contribution is -0.140. The zero-order valence-corrected chi connectivity index (χ0v) is 23.5. The molecule has 8 nitrogen and oxygen atoms in total. The molecule has 0 bridgehead atoms. The van der Waals surface area contributed by atoms with Crippen LogP contribution in [0.1, 0.15) is 39.2 Å². The van der Waals surface area contributed by atoms with E-state index in [1.54, 1.807) is 38.3 Å². The molecular weight excluding hydrogens is 525 g/mol. The highest BCUT2D eigenvalue weighted by atomic mass is 35.5. The molecule has 2 amide bonds. The smallest absolute Gasteiger partial charge is 0.244 e. The molecule has 2 aromatic carbocycles. The Hall–Kier alpha value is -2.49. The van der Waals surface area contributed by atoms with Crippen LogP contribution in [0.5, 0.6) is 5.75 Å². The van der Waals surface area contributed by atoms with E-state index in [2.05, 4.69) is 5.32 Å². The molecule has 0 aliphatic heterocycles. The quantitative estimate of drug-likeness (QED) is 0.414. The summed E-state index contributed by atoms with van der Waals surface area (Å²) in [6.07, 6.45) is 2.04. The molecule has 1 N–H and O–H groups in total. The number of carbonyl (C=O) groups excluding carboxylic acids is 2. The molecule has 0 unspecified atom stereocenters. The van der Waals surface area contributed by atoms with Gasteiger partial charge in [-0.25, -0.2) is 8.42 Å². The fourth-order valence-corrected chi connectivity index (χ4v) is 4.85. The standard InChI is InChI=1S/C25H33Cl2N3O5S/c1-6-17(3)28-25(32)22(7-2)29(15-18-8-11-20(35-4)12-9-18)24(31)16-30(36(5,33)34)23-14-19(26)10-13-21(23)27/h8-14,17,22H,6-7,15-16H2,1-5H3,(H,28,32)/t17-,22+/m0/s1. The molecular formula is C25H33Cl2N3O5S. The van der Waals surface area contributed by atoms with Crippen molar-refractivity contribution in [3.63, 3.8) is 0 Å². The summed E-state index contributed by atoms with van der Waals surface area (Å²) in [6, 6.07) is 10.6. The van der Waals surface area contributed by atoms with E-state index < -0.39 is 28.5 Å². The molecule has 2 aromatic rings. The second kappa shape index (κ2) is 13.2. The molecule has 0 saturated heterocycles. The predicted octanol–water partition coefficient (Wildman–Crippen LogP) is 4.49. The summed E-state index contributed by atoms with van der Waals surface area (Å²) in [5, 5.41) is 3.32. The van der Waals surface area contributed by atoms with E-state index in [1.807, 2.05) is 13.8 Å². The lowest BCUT2D eigenvalue weighted by Gasteiger charge is -2.33. The number of hydrogen-bond donors (Lipinski definition) is 1. The number of anilines is 1. The van der Waals surface area contributed by atoms with E-state index in [9.17, 15) is 18.0 Å². The van der Waals surface area contributed by atoms with E-state index >= 15 is 0 Å². The minimum atomic E-state index is -3.92. The van der Waals surface area contributed by atoms with Gasteiger partial charge in [-0.2, -0.15) is 0 Å². The van der Waals surface area contributed by atoms with Gasteiger partial charge in [0.05, 0.1) is 24.1 Å². The second-order valence-electron chi connectivity index (χ2n) is 8.48. The van der Waals surface area contributed by atoms with Gasteiger partial charge >= 0.3 is 0 Å². The van der Waals surface area contributed by atoms with E-state index in [4.69, 9.17) is 27.9 Å². The number of nitrogens with one attached hydrogen (secondary N) is 1. The molecule has 0 spiro atoms. The Labute approximate surface area is 223 Å². The minimum Gasteiger partial charge on any atom is -0.497 e. The van der Waals surface area contributed by atoms with Crippen LogP contribution in [0.3, 0.4) is 0 Å². The molecule has 11 heteroatoms.